The van der Waals surface area contributed by atoms with Crippen LogP contribution in [0.25, 0.3) is 0 Å². The highest BCUT2D eigenvalue weighted by Gasteiger charge is 1.87. The van der Waals surface area contributed by atoms with Crippen LogP contribution in [0.4, 0.5) is 4.79 Å². The van der Waals surface area contributed by atoms with Crippen molar-refractivity contribution in [3.8, 4) is 0 Å². The molecule has 0 rings (SSSR count). The summed E-state index contributed by atoms with van der Waals surface area (Å²) in [6.07, 6.45) is -1.91. The largest absolute Gasteiger partial charge is 0.526 e. The van der Waals surface area contributed by atoms with Gasteiger partial charge in [-0.25, -0.2) is 10.1 Å². The van der Waals surface area contributed by atoms with Gasteiger partial charge in [0, 0.05) is 0 Å². The number of nitro groups is 1. The van der Waals surface area contributed by atoms with Crippen LogP contribution in [0.15, 0.2) is 0 Å². The van der Waals surface area contributed by atoms with Crippen molar-refractivity contribution >= 4 is 6.09 Å². The smallest absolute Gasteiger partial charge is 0.202 e. The zero-order valence-corrected chi connectivity index (χ0v) is 3.08. The van der Waals surface area contributed by atoms with Gasteiger partial charge in [0.1, 0.15) is 0 Å². The Morgan fingerprint density at radius 1 is 1.71 bits per heavy atom. The molecule has 0 aliphatic rings. The van der Waals surface area contributed by atoms with Gasteiger partial charge < -0.3 is 9.90 Å². The van der Waals surface area contributed by atoms with Gasteiger partial charge in [-0.15, -0.1) is 0 Å². The maximum Gasteiger partial charge on any atom is 0.202 e. The summed E-state index contributed by atoms with van der Waals surface area (Å²) < 4.78 is 0. The molecule has 0 aromatic rings. The molecular weight excluding hydrogens is 104 g/mol. The Morgan fingerprint density at radius 2 is 2.14 bits per heavy atom. The van der Waals surface area contributed by atoms with Gasteiger partial charge in [0.2, 0.25) is 6.09 Å². The molecule has 0 aromatic carbocycles. The summed E-state index contributed by atoms with van der Waals surface area (Å²) in [5.41, 5.74) is 0.833. The van der Waals surface area contributed by atoms with Crippen LogP contribution in [0.3, 0.4) is 0 Å². The van der Waals surface area contributed by atoms with E-state index in [1.165, 1.54) is 0 Å². The maximum atomic E-state index is 9.15. The van der Waals surface area contributed by atoms with Crippen LogP contribution in [0.2, 0.25) is 0 Å². The molecule has 0 aliphatic carbocycles. The summed E-state index contributed by atoms with van der Waals surface area (Å²) in [5, 5.41) is 17.0. The maximum absolute atomic E-state index is 9.15. The summed E-state index contributed by atoms with van der Waals surface area (Å²) >= 11 is 0. The third kappa shape index (κ3) is 4.67. The van der Waals surface area contributed by atoms with Gasteiger partial charge in [-0.05, 0) is 0 Å². The van der Waals surface area contributed by atoms with Crippen molar-refractivity contribution in [3.63, 3.8) is 0 Å². The average molecular weight is 105 g/mol. The number of carboxylic acid groups (broad SMARTS) is 1. The Kier molecular flexibility index (Phi) is 1.58. The molecule has 0 fully saturated rings. The number of hydrogen-bond acceptors (Lipinski definition) is 4. The minimum atomic E-state index is -1.91. The molecule has 0 spiro atoms. The van der Waals surface area contributed by atoms with Crippen molar-refractivity contribution in [2.45, 2.75) is 0 Å². The zero-order chi connectivity index (χ0) is 5.86. The number of nitrogens with one attached hydrogen (secondary N) is 1. The minimum absolute atomic E-state index is 0.833. The minimum Gasteiger partial charge on any atom is -0.526 e. The molecule has 0 saturated heterocycles. The second kappa shape index (κ2) is 1.96. The lowest BCUT2D eigenvalue weighted by Gasteiger charge is -1.91. The first kappa shape index (κ1) is 5.67. The van der Waals surface area contributed by atoms with E-state index >= 15 is 0 Å². The van der Waals surface area contributed by atoms with Crippen molar-refractivity contribution in [2.24, 2.45) is 0 Å². The number of nitrogens with zero attached hydrogens (tertiary/aromatic N) is 1. The number of carbonyl (C=O) groups excluding carboxylic acids is 1. The molecule has 1 N–H and O–H groups in total. The Bertz CT molecular complexity index is 85.9. The van der Waals surface area contributed by atoms with E-state index in [0.29, 0.717) is 0 Å². The SMILES string of the molecule is O=C([O-])N[N+](=O)[O-]. The van der Waals surface area contributed by atoms with Crippen LogP contribution in [-0.4, -0.2) is 11.1 Å². The van der Waals surface area contributed by atoms with Gasteiger partial charge in [-0.2, -0.15) is 0 Å². The van der Waals surface area contributed by atoms with Crippen LogP contribution in [0, 0.1) is 10.1 Å². The van der Waals surface area contributed by atoms with Crippen LogP contribution < -0.4 is 10.5 Å². The standard InChI is InChI=1S/CH2N2O4/c4-1(5)2-3(6)7/h2H,(H,4,5)/p-1. The number of amides is 1. The topological polar surface area (TPSA) is 95.3 Å². The molecule has 1 amide bonds. The number of hydrogen-bond donors (Lipinski definition) is 1. The monoisotopic (exact) mass is 105 g/mol. The van der Waals surface area contributed by atoms with Gasteiger partial charge in [0.15, 0.2) is 5.03 Å². The van der Waals surface area contributed by atoms with Gasteiger partial charge in [-0.3, -0.25) is 0 Å². The first-order valence-corrected chi connectivity index (χ1v) is 1.25. The summed E-state index contributed by atoms with van der Waals surface area (Å²) in [6, 6.07) is 0. The van der Waals surface area contributed by atoms with E-state index < -0.39 is 11.1 Å². The highest BCUT2D eigenvalue weighted by Crippen LogP contribution is 1.52. The molecule has 0 aliphatic heterocycles. The second-order valence-electron chi connectivity index (χ2n) is 0.656. The predicted molar refractivity (Wildman–Crippen MR) is 15.5 cm³/mol. The molecule has 0 unspecified atom stereocenters. The van der Waals surface area contributed by atoms with Crippen molar-refractivity contribution < 1.29 is 14.9 Å². The zero-order valence-electron chi connectivity index (χ0n) is 3.08. The molecule has 0 atom stereocenters. The van der Waals surface area contributed by atoms with E-state index in [-0.39, 0.29) is 0 Å². The van der Waals surface area contributed by atoms with E-state index in [4.69, 9.17) is 20.0 Å². The van der Waals surface area contributed by atoms with Crippen molar-refractivity contribution in [1.29, 1.82) is 0 Å². The molecule has 6 nitrogen and oxygen atoms in total. The number of carbonyl (C=O) groups is 1. The second-order valence-corrected chi connectivity index (χ2v) is 0.656. The molecule has 40 valence electrons. The fraction of sp³-hybridized carbons (Fsp3) is 0. The van der Waals surface area contributed by atoms with Gasteiger partial charge in [0.05, 0.1) is 0 Å². The fourth-order valence-electron chi connectivity index (χ4n) is 0.0745. The molecule has 0 saturated carbocycles. The van der Waals surface area contributed by atoms with Crippen LogP contribution in [-0.2, 0) is 0 Å². The van der Waals surface area contributed by atoms with Crippen molar-refractivity contribution in [3.05, 3.63) is 10.1 Å². The molecule has 6 heteroatoms. The lowest BCUT2D eigenvalue weighted by molar-refractivity contribution is -0.540. The fourth-order valence-corrected chi connectivity index (χ4v) is 0.0745. The summed E-state index contributed by atoms with van der Waals surface area (Å²) in [5.74, 6) is 0. The Hall–Kier alpha value is -1.33. The summed E-state index contributed by atoms with van der Waals surface area (Å²) in [6.45, 7) is 0. The van der Waals surface area contributed by atoms with Gasteiger partial charge in [-0.1, -0.05) is 5.43 Å². The highest BCUT2D eigenvalue weighted by atomic mass is 16.7. The quantitative estimate of drug-likeness (QED) is 0.311. The van der Waals surface area contributed by atoms with E-state index in [0.717, 1.165) is 5.43 Å². The third-order valence-corrected chi connectivity index (χ3v) is 0.183. The van der Waals surface area contributed by atoms with Gasteiger partial charge in [0.25, 0.3) is 0 Å². The first-order chi connectivity index (χ1) is 3.13. The average Bonchev–Trinajstić information content (AvgIpc) is 1.27. The number of rotatable bonds is 1. The lowest BCUT2D eigenvalue weighted by atomic mass is 11.3. The summed E-state index contributed by atoms with van der Waals surface area (Å²) in [7, 11) is 0. The first-order valence-electron chi connectivity index (χ1n) is 1.25. The molecule has 0 bridgehead atoms. The van der Waals surface area contributed by atoms with Crippen molar-refractivity contribution in [2.75, 3.05) is 0 Å². The highest BCUT2D eigenvalue weighted by molar-refractivity contribution is 5.59. The number of hydrazine groups is 1. The predicted octanol–water partition coefficient (Wildman–Crippen LogP) is -1.89. The molecule has 7 heavy (non-hydrogen) atoms. The van der Waals surface area contributed by atoms with Crippen LogP contribution in [0.1, 0.15) is 0 Å². The Balaban J connectivity index is 3.32. The van der Waals surface area contributed by atoms with E-state index in [1.54, 1.807) is 0 Å². The van der Waals surface area contributed by atoms with Crippen LogP contribution >= 0.6 is 0 Å². The Labute approximate surface area is 37.9 Å². The molecule has 0 heterocycles. The van der Waals surface area contributed by atoms with E-state index in [9.17, 15) is 0 Å². The third-order valence-electron chi connectivity index (χ3n) is 0.183. The van der Waals surface area contributed by atoms with E-state index in [2.05, 4.69) is 0 Å². The van der Waals surface area contributed by atoms with Gasteiger partial charge >= 0.3 is 0 Å². The Morgan fingerprint density at radius 3 is 2.14 bits per heavy atom. The normalized spacial score (nSPS) is 7.43. The van der Waals surface area contributed by atoms with Crippen molar-refractivity contribution in [1.82, 2.24) is 5.43 Å². The lowest BCUT2D eigenvalue weighted by Crippen LogP contribution is -2.39. The summed E-state index contributed by atoms with van der Waals surface area (Å²) in [4.78, 5) is 18.2. The molecule has 0 radical (unpaired) electrons. The van der Waals surface area contributed by atoms with Crippen LogP contribution in [0.5, 0.6) is 0 Å². The molecular formula is CHN2O4-. The molecule has 0 aromatic heterocycles. The van der Waals surface area contributed by atoms with E-state index in [1.807, 2.05) is 0 Å².